The van der Waals surface area contributed by atoms with Crippen LogP contribution < -0.4 is 15.4 Å². The summed E-state index contributed by atoms with van der Waals surface area (Å²) in [5.74, 6) is 0.522. The predicted molar refractivity (Wildman–Crippen MR) is 176 cm³/mol. The SMILES string of the molecule is CNC(=O)c1c(-c2ccc(F)cc2)oc2cc(NC)c(-c3ccc4c(c3)-c3[nH]c5ccccc5c3C(c3ccccc3)O4)cc12. The van der Waals surface area contributed by atoms with Gasteiger partial charge in [0, 0.05) is 64.4 Å². The van der Waals surface area contributed by atoms with Gasteiger partial charge in [-0.1, -0.05) is 54.6 Å². The summed E-state index contributed by atoms with van der Waals surface area (Å²) in [7, 11) is 3.44. The summed E-state index contributed by atoms with van der Waals surface area (Å²) in [6.45, 7) is 0. The lowest BCUT2D eigenvalue weighted by Gasteiger charge is -2.28. The molecule has 6 nitrogen and oxygen atoms in total. The molecule has 0 fully saturated rings. The van der Waals surface area contributed by atoms with Crippen LogP contribution in [-0.2, 0) is 0 Å². The Morgan fingerprint density at radius 3 is 2.33 bits per heavy atom. The van der Waals surface area contributed by atoms with Crippen molar-refractivity contribution >= 4 is 33.5 Å². The summed E-state index contributed by atoms with van der Waals surface area (Å²) in [5, 5.41) is 7.83. The molecule has 0 saturated carbocycles. The monoisotopic (exact) mass is 593 g/mol. The number of nitrogens with one attached hydrogen (secondary N) is 3. The number of ether oxygens (including phenoxy) is 1. The third kappa shape index (κ3) is 4.27. The molecule has 0 bridgehead atoms. The van der Waals surface area contributed by atoms with E-state index in [1.165, 1.54) is 12.1 Å². The molecule has 2 aromatic heterocycles. The summed E-state index contributed by atoms with van der Waals surface area (Å²) >= 11 is 0. The Labute approximate surface area is 258 Å². The largest absolute Gasteiger partial charge is 0.480 e. The van der Waals surface area contributed by atoms with Crippen molar-refractivity contribution in [2.75, 3.05) is 19.4 Å². The highest BCUT2D eigenvalue weighted by atomic mass is 19.1. The number of hydrogen-bond donors (Lipinski definition) is 3. The van der Waals surface area contributed by atoms with Gasteiger partial charge in [-0.05, 0) is 59.7 Å². The maximum Gasteiger partial charge on any atom is 0.255 e. The first kappa shape index (κ1) is 26.8. The lowest BCUT2D eigenvalue weighted by Crippen LogP contribution is -2.18. The number of amides is 1. The van der Waals surface area contributed by atoms with E-state index in [1.54, 1.807) is 19.2 Å². The Morgan fingerprint density at radius 1 is 0.800 bits per heavy atom. The van der Waals surface area contributed by atoms with Crippen molar-refractivity contribution in [1.29, 1.82) is 0 Å². The van der Waals surface area contributed by atoms with E-state index < -0.39 is 0 Å². The molecule has 7 heteroatoms. The number of carbonyl (C=O) groups is 1. The average molecular weight is 594 g/mol. The highest BCUT2D eigenvalue weighted by molar-refractivity contribution is 6.13. The number of aromatic nitrogens is 1. The quantitative estimate of drug-likeness (QED) is 0.186. The Kier molecular flexibility index (Phi) is 6.20. The summed E-state index contributed by atoms with van der Waals surface area (Å²) in [6.07, 6.45) is -0.258. The van der Waals surface area contributed by atoms with E-state index in [0.29, 0.717) is 27.9 Å². The molecule has 1 unspecified atom stereocenters. The van der Waals surface area contributed by atoms with Gasteiger partial charge in [0.1, 0.15) is 22.9 Å². The molecule has 45 heavy (non-hydrogen) atoms. The van der Waals surface area contributed by atoms with Crippen molar-refractivity contribution < 1.29 is 18.3 Å². The standard InChI is InChI=1S/C38H28FN3O3/c1-40-30-20-32-27(34(38(43)41-2)37(45-32)22-12-15-24(39)16-13-22)19-26(30)23-14-17-31-28(18-23)35-33(25-10-6-7-11-29(25)42-35)36(44-31)21-8-4-3-5-9-21/h3-20,36,40,42H,1-2H3,(H,41,43). The fourth-order valence-electron chi connectivity index (χ4n) is 6.44. The lowest BCUT2D eigenvalue weighted by atomic mass is 9.90. The molecule has 1 amide bonds. The van der Waals surface area contributed by atoms with Crippen LogP contribution >= 0.6 is 0 Å². The molecule has 220 valence electrons. The van der Waals surface area contributed by atoms with Gasteiger partial charge in [0.05, 0.1) is 11.3 Å². The van der Waals surface area contributed by atoms with E-state index in [1.807, 2.05) is 61.6 Å². The second kappa shape index (κ2) is 10.4. The number of carbonyl (C=O) groups excluding carboxylic acids is 1. The molecule has 1 aliphatic rings. The van der Waals surface area contributed by atoms with Crippen LogP contribution in [0.25, 0.3) is 55.6 Å². The van der Waals surface area contributed by atoms with E-state index in [2.05, 4.69) is 45.9 Å². The van der Waals surface area contributed by atoms with E-state index in [4.69, 9.17) is 9.15 Å². The first-order chi connectivity index (χ1) is 22.0. The Hall–Kier alpha value is -5.82. The number of furan rings is 1. The average Bonchev–Trinajstić information content (AvgIpc) is 3.66. The molecule has 8 rings (SSSR count). The number of hydrogen-bond acceptors (Lipinski definition) is 4. The molecule has 5 aromatic carbocycles. The van der Waals surface area contributed by atoms with Crippen molar-refractivity contribution in [2.24, 2.45) is 0 Å². The number of rotatable bonds is 5. The van der Waals surface area contributed by atoms with Crippen molar-refractivity contribution in [2.45, 2.75) is 6.10 Å². The first-order valence-corrected chi connectivity index (χ1v) is 14.8. The van der Waals surface area contributed by atoms with E-state index >= 15 is 0 Å². The number of fused-ring (bicyclic) bond motifs is 6. The van der Waals surface area contributed by atoms with E-state index in [9.17, 15) is 9.18 Å². The van der Waals surface area contributed by atoms with E-state index in [-0.39, 0.29) is 17.8 Å². The van der Waals surface area contributed by atoms with Crippen LogP contribution in [-0.4, -0.2) is 25.0 Å². The molecule has 3 heterocycles. The molecule has 3 N–H and O–H groups in total. The van der Waals surface area contributed by atoms with Gasteiger partial charge in [-0.2, -0.15) is 0 Å². The molecule has 0 saturated heterocycles. The van der Waals surface area contributed by atoms with Crippen LogP contribution in [0.15, 0.2) is 114 Å². The van der Waals surface area contributed by atoms with Crippen LogP contribution in [0.1, 0.15) is 27.6 Å². The lowest BCUT2D eigenvalue weighted by molar-refractivity contribution is 0.0964. The zero-order chi connectivity index (χ0) is 30.7. The number of para-hydroxylation sites is 1. The number of halogens is 1. The fourth-order valence-corrected chi connectivity index (χ4v) is 6.44. The number of aromatic amines is 1. The first-order valence-electron chi connectivity index (χ1n) is 14.8. The molecule has 0 aliphatic carbocycles. The van der Waals surface area contributed by atoms with Gasteiger partial charge < -0.3 is 24.8 Å². The highest BCUT2D eigenvalue weighted by Gasteiger charge is 2.32. The minimum Gasteiger partial charge on any atom is -0.480 e. The van der Waals surface area contributed by atoms with Crippen LogP contribution in [0.5, 0.6) is 5.75 Å². The third-order valence-electron chi connectivity index (χ3n) is 8.57. The summed E-state index contributed by atoms with van der Waals surface area (Å²) in [5.41, 5.74) is 9.44. The van der Waals surface area contributed by atoms with E-state index in [0.717, 1.165) is 55.9 Å². The second-order valence-corrected chi connectivity index (χ2v) is 11.1. The molecule has 1 atom stereocenters. The Balaban J connectivity index is 1.32. The maximum absolute atomic E-state index is 13.7. The number of benzene rings is 5. The Bertz CT molecular complexity index is 2250. The van der Waals surface area contributed by atoms with Crippen LogP contribution in [0.3, 0.4) is 0 Å². The zero-order valence-corrected chi connectivity index (χ0v) is 24.6. The molecule has 0 spiro atoms. The smallest absolute Gasteiger partial charge is 0.255 e. The zero-order valence-electron chi connectivity index (χ0n) is 24.6. The van der Waals surface area contributed by atoms with Gasteiger partial charge in [-0.25, -0.2) is 4.39 Å². The second-order valence-electron chi connectivity index (χ2n) is 11.1. The van der Waals surface area contributed by atoms with Crippen LogP contribution in [0, 0.1) is 5.82 Å². The summed E-state index contributed by atoms with van der Waals surface area (Å²) < 4.78 is 26.7. The fraction of sp³-hybridized carbons (Fsp3) is 0.0789. The predicted octanol–water partition coefficient (Wildman–Crippen LogP) is 8.94. The minimum atomic E-state index is -0.360. The van der Waals surface area contributed by atoms with Crippen molar-refractivity contribution in [3.8, 4) is 39.5 Å². The molecular formula is C38H28FN3O3. The molecule has 1 aliphatic heterocycles. The maximum atomic E-state index is 13.7. The summed E-state index contributed by atoms with van der Waals surface area (Å²) in [6, 6.07) is 34.6. The van der Waals surface area contributed by atoms with Crippen molar-refractivity contribution in [3.63, 3.8) is 0 Å². The molecular weight excluding hydrogens is 565 g/mol. The van der Waals surface area contributed by atoms with Gasteiger partial charge in [0.15, 0.2) is 6.10 Å². The third-order valence-corrected chi connectivity index (χ3v) is 8.57. The van der Waals surface area contributed by atoms with Crippen LogP contribution in [0.2, 0.25) is 0 Å². The van der Waals surface area contributed by atoms with Crippen molar-refractivity contribution in [3.05, 3.63) is 132 Å². The number of anilines is 1. The highest BCUT2D eigenvalue weighted by Crippen LogP contribution is 2.49. The van der Waals surface area contributed by atoms with Gasteiger partial charge in [0.2, 0.25) is 0 Å². The Morgan fingerprint density at radius 2 is 1.56 bits per heavy atom. The van der Waals surface area contributed by atoms with Crippen molar-refractivity contribution in [1.82, 2.24) is 10.3 Å². The minimum absolute atomic E-state index is 0.258. The van der Waals surface area contributed by atoms with Gasteiger partial charge in [0.25, 0.3) is 5.91 Å². The van der Waals surface area contributed by atoms with Gasteiger partial charge >= 0.3 is 0 Å². The van der Waals surface area contributed by atoms with Gasteiger partial charge in [-0.3, -0.25) is 4.79 Å². The number of H-pyrrole nitrogens is 1. The topological polar surface area (TPSA) is 79.3 Å². The normalized spacial score (nSPS) is 13.7. The molecule has 7 aromatic rings. The van der Waals surface area contributed by atoms with Gasteiger partial charge in [-0.15, -0.1) is 0 Å². The van der Waals surface area contributed by atoms with Crippen LogP contribution in [0.4, 0.5) is 10.1 Å². The molecule has 0 radical (unpaired) electrons. The summed E-state index contributed by atoms with van der Waals surface area (Å²) in [4.78, 5) is 16.9.